The minimum atomic E-state index is -0.542. The van der Waals surface area contributed by atoms with E-state index in [4.69, 9.17) is 14.2 Å². The molecule has 0 heterocycles. The molecule has 2 aliphatic carbocycles. The molecule has 0 radical (unpaired) electrons. The highest BCUT2D eigenvalue weighted by Crippen LogP contribution is 2.40. The summed E-state index contributed by atoms with van der Waals surface area (Å²) in [5.41, 5.74) is 1.33. The molecule has 5 nitrogen and oxygen atoms in total. The van der Waals surface area contributed by atoms with Gasteiger partial charge in [-0.1, -0.05) is 48.6 Å². The molecule has 1 aromatic carbocycles. The van der Waals surface area contributed by atoms with E-state index in [9.17, 15) is 9.59 Å². The Morgan fingerprint density at radius 1 is 0.970 bits per heavy atom. The molecule has 0 bridgehead atoms. The molecule has 0 spiro atoms. The third-order valence-corrected chi connectivity index (χ3v) is 6.73. The highest BCUT2D eigenvalue weighted by Gasteiger charge is 2.31. The lowest BCUT2D eigenvalue weighted by Crippen LogP contribution is -2.29. The Hall–Kier alpha value is -2.30. The van der Waals surface area contributed by atoms with Crippen molar-refractivity contribution in [2.75, 3.05) is 6.79 Å². The number of rotatable bonds is 7. The lowest BCUT2D eigenvalue weighted by molar-refractivity contribution is -0.144. The molecule has 2 fully saturated rings. The maximum Gasteiger partial charge on any atom is 0.338 e. The summed E-state index contributed by atoms with van der Waals surface area (Å²) in [5, 5.41) is 0. The van der Waals surface area contributed by atoms with Gasteiger partial charge in [0.2, 0.25) is 6.79 Å². The Morgan fingerprint density at radius 3 is 2.09 bits per heavy atom. The zero-order valence-corrected chi connectivity index (χ0v) is 18.2. The molecule has 0 amide bonds. The summed E-state index contributed by atoms with van der Waals surface area (Å²) < 4.78 is 16.0. The lowest BCUT2D eigenvalue weighted by Gasteiger charge is -2.37. The number of carbonyl (C=O) groups is 2. The fourth-order valence-corrected chi connectivity index (χ4v) is 4.82. The molecule has 3 rings (SSSR count). The standard InChI is InChI=1S/C25H34O5.3CH4/c1-4-24(26)29-16-28-22-13-14-23(18(3)15-22)25(27)30-21-11-9-20(10-12-21)19-7-5-17(2)6-8-19;;;/h4,13-15,17,19-21H,1,5-12,16H2,2-3H3;3*1H4. The second-order valence-corrected chi connectivity index (χ2v) is 8.87. The Morgan fingerprint density at radius 2 is 1.55 bits per heavy atom. The van der Waals surface area contributed by atoms with Gasteiger partial charge in [-0.15, -0.1) is 0 Å². The highest BCUT2D eigenvalue weighted by molar-refractivity contribution is 5.91. The SMILES string of the molecule is C.C.C.C=CC(=O)OCOc1ccc(C(=O)OC2CCC(C3CCC(C)CC3)CC2)c(C)c1. The fraction of sp³-hybridized carbons (Fsp3) is 0.643. The number of aryl methyl sites for hydroxylation is 1. The van der Waals surface area contributed by atoms with E-state index < -0.39 is 5.97 Å². The third-order valence-electron chi connectivity index (χ3n) is 6.73. The minimum absolute atomic E-state index is 0. The van der Waals surface area contributed by atoms with Crippen LogP contribution in [0.2, 0.25) is 0 Å². The topological polar surface area (TPSA) is 61.8 Å². The number of hydrogen-bond donors (Lipinski definition) is 0. The van der Waals surface area contributed by atoms with Gasteiger partial charge in [0.25, 0.3) is 0 Å². The van der Waals surface area contributed by atoms with E-state index in [1.54, 1.807) is 18.2 Å². The molecule has 0 aromatic heterocycles. The molecule has 2 saturated carbocycles. The molecule has 5 heteroatoms. The van der Waals surface area contributed by atoms with Gasteiger partial charge in [-0.2, -0.15) is 0 Å². The van der Waals surface area contributed by atoms with Gasteiger partial charge < -0.3 is 14.2 Å². The Balaban J connectivity index is 0.00000341. The Bertz CT molecular complexity index is 741. The van der Waals surface area contributed by atoms with Gasteiger partial charge in [0.05, 0.1) is 5.56 Å². The fourth-order valence-electron chi connectivity index (χ4n) is 4.82. The zero-order valence-electron chi connectivity index (χ0n) is 18.2. The second kappa shape index (κ2) is 14.8. The first-order valence-electron chi connectivity index (χ1n) is 11.2. The molecule has 2 aliphatic rings. The van der Waals surface area contributed by atoms with Crippen molar-refractivity contribution in [2.45, 2.75) is 93.6 Å². The van der Waals surface area contributed by atoms with Gasteiger partial charge >= 0.3 is 11.9 Å². The largest absolute Gasteiger partial charge is 0.459 e. The van der Waals surface area contributed by atoms with Crippen molar-refractivity contribution in [1.82, 2.24) is 0 Å². The summed E-state index contributed by atoms with van der Waals surface area (Å²) in [4.78, 5) is 23.7. The van der Waals surface area contributed by atoms with Crippen LogP contribution in [-0.4, -0.2) is 24.8 Å². The molecular weight excluding hydrogens is 416 g/mol. The van der Waals surface area contributed by atoms with Crippen molar-refractivity contribution in [3.8, 4) is 5.75 Å². The van der Waals surface area contributed by atoms with Crippen LogP contribution >= 0.6 is 0 Å². The van der Waals surface area contributed by atoms with Gasteiger partial charge in [0.1, 0.15) is 11.9 Å². The summed E-state index contributed by atoms with van der Waals surface area (Å²) in [6.07, 6.45) is 10.9. The molecule has 1 aromatic rings. The van der Waals surface area contributed by atoms with Gasteiger partial charge in [-0.25, -0.2) is 9.59 Å². The first-order valence-corrected chi connectivity index (χ1v) is 11.2. The number of esters is 2. The molecule has 188 valence electrons. The van der Waals surface area contributed by atoms with Crippen LogP contribution in [0.4, 0.5) is 0 Å². The van der Waals surface area contributed by atoms with Gasteiger partial charge in [-0.3, -0.25) is 0 Å². The van der Waals surface area contributed by atoms with Crippen LogP contribution in [0.5, 0.6) is 5.75 Å². The first kappa shape index (κ1) is 30.7. The van der Waals surface area contributed by atoms with E-state index >= 15 is 0 Å². The molecule has 0 saturated heterocycles. The summed E-state index contributed by atoms with van der Waals surface area (Å²) in [7, 11) is 0. The number of carbonyl (C=O) groups excluding carboxylic acids is 2. The predicted octanol–water partition coefficient (Wildman–Crippen LogP) is 7.51. The van der Waals surface area contributed by atoms with Crippen LogP contribution in [0, 0.1) is 24.7 Å². The number of hydrogen-bond acceptors (Lipinski definition) is 5. The average Bonchev–Trinajstić information content (AvgIpc) is 2.75. The van der Waals surface area contributed by atoms with Crippen LogP contribution in [0.1, 0.15) is 96.5 Å². The van der Waals surface area contributed by atoms with E-state index in [0.29, 0.717) is 11.3 Å². The van der Waals surface area contributed by atoms with Crippen molar-refractivity contribution < 1.29 is 23.8 Å². The normalized spacial score (nSPS) is 24.1. The van der Waals surface area contributed by atoms with E-state index in [-0.39, 0.29) is 41.1 Å². The van der Waals surface area contributed by atoms with Crippen LogP contribution < -0.4 is 4.74 Å². The predicted molar refractivity (Wildman–Crippen MR) is 135 cm³/mol. The number of benzene rings is 1. The van der Waals surface area contributed by atoms with Crippen molar-refractivity contribution in [3.05, 3.63) is 42.0 Å². The van der Waals surface area contributed by atoms with Crippen LogP contribution in [0.3, 0.4) is 0 Å². The summed E-state index contributed by atoms with van der Waals surface area (Å²) in [6, 6.07) is 5.14. The van der Waals surface area contributed by atoms with Gasteiger partial charge in [0.15, 0.2) is 0 Å². The molecule has 0 unspecified atom stereocenters. The minimum Gasteiger partial charge on any atom is -0.459 e. The lowest BCUT2D eigenvalue weighted by atomic mass is 9.71. The molecule has 0 N–H and O–H groups in total. The molecule has 33 heavy (non-hydrogen) atoms. The Kier molecular flexibility index (Phi) is 13.7. The Labute approximate surface area is 201 Å². The van der Waals surface area contributed by atoms with Crippen molar-refractivity contribution in [3.63, 3.8) is 0 Å². The first-order chi connectivity index (χ1) is 14.5. The zero-order chi connectivity index (χ0) is 21.5. The quantitative estimate of drug-likeness (QED) is 0.238. The third kappa shape index (κ3) is 8.87. The average molecular weight is 463 g/mol. The van der Waals surface area contributed by atoms with Crippen LogP contribution in [-0.2, 0) is 14.3 Å². The summed E-state index contributed by atoms with van der Waals surface area (Å²) >= 11 is 0. The van der Waals surface area contributed by atoms with E-state index in [1.807, 2.05) is 6.92 Å². The summed E-state index contributed by atoms with van der Waals surface area (Å²) in [6.45, 7) is 7.34. The van der Waals surface area contributed by atoms with Crippen LogP contribution in [0.25, 0.3) is 0 Å². The monoisotopic (exact) mass is 462 g/mol. The van der Waals surface area contributed by atoms with E-state index in [1.165, 1.54) is 38.5 Å². The van der Waals surface area contributed by atoms with Crippen LogP contribution in [0.15, 0.2) is 30.9 Å². The molecular formula is C28H46O5. The smallest absolute Gasteiger partial charge is 0.338 e. The second-order valence-electron chi connectivity index (χ2n) is 8.87. The maximum atomic E-state index is 12.7. The summed E-state index contributed by atoms with van der Waals surface area (Å²) in [5.74, 6) is 2.29. The van der Waals surface area contributed by atoms with Gasteiger partial charge in [-0.05, 0) is 87.0 Å². The maximum absolute atomic E-state index is 12.7. The van der Waals surface area contributed by atoms with Crippen molar-refractivity contribution >= 4 is 11.9 Å². The van der Waals surface area contributed by atoms with Crippen molar-refractivity contribution in [1.29, 1.82) is 0 Å². The van der Waals surface area contributed by atoms with Crippen molar-refractivity contribution in [2.24, 2.45) is 17.8 Å². The van der Waals surface area contributed by atoms with E-state index in [2.05, 4.69) is 13.5 Å². The van der Waals surface area contributed by atoms with Gasteiger partial charge in [0, 0.05) is 6.08 Å². The molecule has 0 aliphatic heterocycles. The van der Waals surface area contributed by atoms with E-state index in [0.717, 1.165) is 42.2 Å². The molecule has 0 atom stereocenters. The number of ether oxygens (including phenoxy) is 3. The highest BCUT2D eigenvalue weighted by atomic mass is 16.7.